The van der Waals surface area contributed by atoms with E-state index in [0.29, 0.717) is 6.42 Å². The second-order valence-electron chi connectivity index (χ2n) is 3.13. The summed E-state index contributed by atoms with van der Waals surface area (Å²) in [7, 11) is 0. The molecular formula is C12H10NO. The third-order valence-corrected chi connectivity index (χ3v) is 2.24. The van der Waals surface area contributed by atoms with E-state index in [1.807, 2.05) is 36.6 Å². The molecule has 2 heteroatoms. The Balaban J connectivity index is 2.48. The number of aryl methyl sites for hydroxylation is 1. The van der Waals surface area contributed by atoms with E-state index in [1.165, 1.54) is 5.56 Å². The maximum atomic E-state index is 10.2. The SMILES string of the molecule is O=[C]CCc1ccnc2ccccc12. The van der Waals surface area contributed by atoms with Crippen molar-refractivity contribution in [3.8, 4) is 0 Å². The summed E-state index contributed by atoms with van der Waals surface area (Å²) >= 11 is 0. The van der Waals surface area contributed by atoms with Gasteiger partial charge in [-0.15, -0.1) is 0 Å². The molecule has 2 aromatic rings. The number of hydrogen-bond donors (Lipinski definition) is 0. The van der Waals surface area contributed by atoms with Gasteiger partial charge in [-0.25, -0.2) is 0 Å². The fourth-order valence-corrected chi connectivity index (χ4v) is 1.56. The zero-order chi connectivity index (χ0) is 9.80. The highest BCUT2D eigenvalue weighted by Crippen LogP contribution is 2.16. The normalized spacial score (nSPS) is 10.3. The van der Waals surface area contributed by atoms with Gasteiger partial charge in [0.2, 0.25) is 0 Å². The Morgan fingerprint density at radius 1 is 1.21 bits per heavy atom. The fourth-order valence-electron chi connectivity index (χ4n) is 1.56. The van der Waals surface area contributed by atoms with Crippen LogP contribution in [0.5, 0.6) is 0 Å². The standard InChI is InChI=1S/C12H10NO/c14-9-3-4-10-7-8-13-12-6-2-1-5-11(10)12/h1-2,5-8H,3-4H2. The molecule has 1 aromatic carbocycles. The molecule has 0 fully saturated rings. The molecule has 2 nitrogen and oxygen atoms in total. The van der Waals surface area contributed by atoms with Crippen molar-refractivity contribution in [2.45, 2.75) is 12.8 Å². The smallest absolute Gasteiger partial charge is 0.198 e. The molecule has 14 heavy (non-hydrogen) atoms. The van der Waals surface area contributed by atoms with Gasteiger partial charge in [0.05, 0.1) is 5.52 Å². The Hall–Kier alpha value is -1.70. The van der Waals surface area contributed by atoms with E-state index in [0.717, 1.165) is 17.3 Å². The highest BCUT2D eigenvalue weighted by Gasteiger charge is 1.99. The van der Waals surface area contributed by atoms with Crippen LogP contribution in [0, 0.1) is 0 Å². The van der Waals surface area contributed by atoms with Crippen molar-refractivity contribution in [1.82, 2.24) is 4.98 Å². The molecule has 69 valence electrons. The summed E-state index contributed by atoms with van der Waals surface area (Å²) in [6, 6.07) is 9.91. The highest BCUT2D eigenvalue weighted by atomic mass is 16.1. The predicted octanol–water partition coefficient (Wildman–Crippen LogP) is 2.28. The van der Waals surface area contributed by atoms with Crippen LogP contribution in [0.4, 0.5) is 0 Å². The lowest BCUT2D eigenvalue weighted by atomic mass is 10.1. The molecule has 0 bridgehead atoms. The molecule has 0 aliphatic rings. The second kappa shape index (κ2) is 4.01. The average molecular weight is 184 g/mol. The third kappa shape index (κ3) is 1.64. The van der Waals surface area contributed by atoms with Gasteiger partial charge in [-0.3, -0.25) is 9.78 Å². The number of para-hydroxylation sites is 1. The van der Waals surface area contributed by atoms with E-state index in [-0.39, 0.29) is 0 Å². The van der Waals surface area contributed by atoms with Crippen LogP contribution in [0.15, 0.2) is 36.5 Å². The molecule has 1 aromatic heterocycles. The summed E-state index contributed by atoms with van der Waals surface area (Å²) in [6.07, 6.45) is 4.89. The summed E-state index contributed by atoms with van der Waals surface area (Å²) < 4.78 is 0. The minimum absolute atomic E-state index is 0.452. The molecule has 0 N–H and O–H groups in total. The van der Waals surface area contributed by atoms with Crippen LogP contribution in [0.3, 0.4) is 0 Å². The molecule has 1 heterocycles. The summed E-state index contributed by atoms with van der Waals surface area (Å²) in [5.74, 6) is 0. The Bertz CT molecular complexity index is 446. The largest absolute Gasteiger partial charge is 0.291 e. The van der Waals surface area contributed by atoms with Crippen LogP contribution in [-0.4, -0.2) is 11.3 Å². The molecule has 0 aliphatic carbocycles. The Kier molecular flexibility index (Phi) is 2.54. The minimum Gasteiger partial charge on any atom is -0.291 e. The van der Waals surface area contributed by atoms with Gasteiger partial charge in [-0.2, -0.15) is 0 Å². The van der Waals surface area contributed by atoms with E-state index >= 15 is 0 Å². The summed E-state index contributed by atoms with van der Waals surface area (Å²) in [6.45, 7) is 0. The van der Waals surface area contributed by atoms with E-state index in [1.54, 1.807) is 6.20 Å². The van der Waals surface area contributed by atoms with Gasteiger partial charge >= 0.3 is 0 Å². The van der Waals surface area contributed by atoms with Crippen molar-refractivity contribution >= 4 is 17.2 Å². The van der Waals surface area contributed by atoms with Crippen LogP contribution in [0.25, 0.3) is 10.9 Å². The van der Waals surface area contributed by atoms with Gasteiger partial charge < -0.3 is 0 Å². The monoisotopic (exact) mass is 184 g/mol. The Morgan fingerprint density at radius 2 is 2.07 bits per heavy atom. The zero-order valence-electron chi connectivity index (χ0n) is 7.73. The van der Waals surface area contributed by atoms with E-state index in [9.17, 15) is 4.79 Å². The number of fused-ring (bicyclic) bond motifs is 1. The number of pyridine rings is 1. The van der Waals surface area contributed by atoms with Crippen LogP contribution in [0.2, 0.25) is 0 Å². The van der Waals surface area contributed by atoms with Crippen molar-refractivity contribution in [3.05, 3.63) is 42.1 Å². The third-order valence-electron chi connectivity index (χ3n) is 2.24. The topological polar surface area (TPSA) is 30.0 Å². The quantitative estimate of drug-likeness (QED) is 0.732. The maximum Gasteiger partial charge on any atom is 0.198 e. The first kappa shape index (κ1) is 8.88. The highest BCUT2D eigenvalue weighted by molar-refractivity contribution is 5.82. The Morgan fingerprint density at radius 3 is 2.93 bits per heavy atom. The first-order chi connectivity index (χ1) is 6.92. The van der Waals surface area contributed by atoms with Crippen LogP contribution in [0.1, 0.15) is 12.0 Å². The van der Waals surface area contributed by atoms with Gasteiger partial charge in [0, 0.05) is 18.0 Å². The van der Waals surface area contributed by atoms with Crippen molar-refractivity contribution < 1.29 is 4.79 Å². The summed E-state index contributed by atoms with van der Waals surface area (Å²) in [5.41, 5.74) is 2.15. The number of hydrogen-bond acceptors (Lipinski definition) is 2. The number of rotatable bonds is 3. The zero-order valence-corrected chi connectivity index (χ0v) is 7.73. The summed E-state index contributed by atoms with van der Waals surface area (Å²) in [4.78, 5) is 14.4. The molecule has 0 atom stereocenters. The fraction of sp³-hybridized carbons (Fsp3) is 0.167. The molecule has 0 amide bonds. The molecule has 0 spiro atoms. The van der Waals surface area contributed by atoms with E-state index < -0.39 is 0 Å². The van der Waals surface area contributed by atoms with Crippen molar-refractivity contribution in [2.75, 3.05) is 0 Å². The first-order valence-electron chi connectivity index (χ1n) is 4.59. The number of nitrogens with zero attached hydrogens (tertiary/aromatic N) is 1. The van der Waals surface area contributed by atoms with Gasteiger partial charge in [0.15, 0.2) is 6.29 Å². The molecule has 0 unspecified atom stereocenters. The van der Waals surface area contributed by atoms with E-state index in [2.05, 4.69) is 4.98 Å². The van der Waals surface area contributed by atoms with Crippen molar-refractivity contribution in [3.63, 3.8) is 0 Å². The minimum atomic E-state index is 0.452. The van der Waals surface area contributed by atoms with Crippen LogP contribution in [-0.2, 0) is 11.2 Å². The molecular weight excluding hydrogens is 174 g/mol. The van der Waals surface area contributed by atoms with E-state index in [4.69, 9.17) is 0 Å². The van der Waals surface area contributed by atoms with Gasteiger partial charge in [0.1, 0.15) is 0 Å². The van der Waals surface area contributed by atoms with Gasteiger partial charge in [-0.05, 0) is 24.1 Å². The molecule has 0 aliphatic heterocycles. The Labute approximate surface area is 82.6 Å². The molecule has 2 rings (SSSR count). The van der Waals surface area contributed by atoms with Gasteiger partial charge in [-0.1, -0.05) is 18.2 Å². The molecule has 0 saturated carbocycles. The average Bonchev–Trinajstić information content (AvgIpc) is 2.26. The first-order valence-corrected chi connectivity index (χ1v) is 4.59. The lowest BCUT2D eigenvalue weighted by molar-refractivity contribution is 0.551. The number of carbonyl (C=O) groups excluding carboxylic acids is 1. The van der Waals surface area contributed by atoms with Crippen LogP contribution >= 0.6 is 0 Å². The lowest BCUT2D eigenvalue weighted by Crippen LogP contribution is -1.89. The number of aromatic nitrogens is 1. The molecule has 1 radical (unpaired) electrons. The molecule has 0 saturated heterocycles. The predicted molar refractivity (Wildman–Crippen MR) is 55.8 cm³/mol. The van der Waals surface area contributed by atoms with Gasteiger partial charge in [0.25, 0.3) is 0 Å². The second-order valence-corrected chi connectivity index (χ2v) is 3.13. The van der Waals surface area contributed by atoms with Crippen LogP contribution < -0.4 is 0 Å². The lowest BCUT2D eigenvalue weighted by Gasteiger charge is -2.02. The summed E-state index contributed by atoms with van der Waals surface area (Å²) in [5, 5.41) is 1.13. The maximum absolute atomic E-state index is 10.2. The van der Waals surface area contributed by atoms with Crippen molar-refractivity contribution in [1.29, 1.82) is 0 Å². The number of benzene rings is 1. The van der Waals surface area contributed by atoms with Crippen molar-refractivity contribution in [2.24, 2.45) is 0 Å².